The van der Waals surface area contributed by atoms with Gasteiger partial charge in [-0.15, -0.1) is 0 Å². The Hall–Kier alpha value is -2.82. The topological polar surface area (TPSA) is 75.6 Å². The Labute approximate surface area is 140 Å². The van der Waals surface area contributed by atoms with Gasteiger partial charge in [0.1, 0.15) is 6.61 Å². The first kappa shape index (κ1) is 16.1. The minimum absolute atomic E-state index is 0.102. The molecule has 5 heteroatoms. The highest BCUT2D eigenvalue weighted by Gasteiger charge is 2.71. The maximum Gasteiger partial charge on any atom is 0.408 e. The molecule has 0 radical (unpaired) electrons. The standard InChI is InChI=1S/C19H19NO4/c1-18(15-10-6-3-7-11-15)13-19(18,16(21)22)20-17(23)24-12-14-8-4-2-5-9-14/h2-11H,12-13H2,1H3,(H,20,23)(H,21,22)/t18-,19-/m0/s1. The Bertz CT molecular complexity index is 746. The molecule has 1 saturated carbocycles. The van der Waals surface area contributed by atoms with Crippen LogP contribution >= 0.6 is 0 Å². The average molecular weight is 325 g/mol. The van der Waals surface area contributed by atoms with Gasteiger partial charge >= 0.3 is 12.1 Å². The van der Waals surface area contributed by atoms with Crippen molar-refractivity contribution in [3.8, 4) is 0 Å². The van der Waals surface area contributed by atoms with Crippen LogP contribution in [0.15, 0.2) is 60.7 Å². The number of carboxylic acids is 1. The second-order valence-electron chi connectivity index (χ2n) is 6.27. The van der Waals surface area contributed by atoms with Crippen molar-refractivity contribution < 1.29 is 19.4 Å². The molecule has 24 heavy (non-hydrogen) atoms. The number of nitrogens with one attached hydrogen (secondary N) is 1. The number of hydrogen-bond donors (Lipinski definition) is 2. The Morgan fingerprint density at radius 3 is 2.25 bits per heavy atom. The van der Waals surface area contributed by atoms with Gasteiger partial charge in [-0.1, -0.05) is 67.6 Å². The number of aliphatic carboxylic acids is 1. The summed E-state index contributed by atoms with van der Waals surface area (Å²) in [5.74, 6) is -1.05. The maximum absolute atomic E-state index is 12.1. The van der Waals surface area contributed by atoms with E-state index >= 15 is 0 Å². The summed E-state index contributed by atoms with van der Waals surface area (Å²) in [5.41, 5.74) is -0.247. The lowest BCUT2D eigenvalue weighted by molar-refractivity contribution is -0.141. The van der Waals surface area contributed by atoms with Crippen molar-refractivity contribution in [2.75, 3.05) is 0 Å². The highest BCUT2D eigenvalue weighted by Crippen LogP contribution is 2.57. The summed E-state index contributed by atoms with van der Waals surface area (Å²) in [6, 6.07) is 18.6. The van der Waals surface area contributed by atoms with Crippen LogP contribution in [0.4, 0.5) is 4.79 Å². The molecule has 2 N–H and O–H groups in total. The number of hydrogen-bond acceptors (Lipinski definition) is 3. The molecule has 0 bridgehead atoms. The van der Waals surface area contributed by atoms with Crippen LogP contribution in [-0.2, 0) is 21.6 Å². The Balaban J connectivity index is 1.70. The van der Waals surface area contributed by atoms with E-state index in [-0.39, 0.29) is 6.61 Å². The second kappa shape index (κ2) is 6.00. The predicted octanol–water partition coefficient (Wildman–Crippen LogP) is 3.10. The fourth-order valence-electron chi connectivity index (χ4n) is 3.12. The molecule has 1 aliphatic rings. The van der Waals surface area contributed by atoms with Gasteiger partial charge < -0.3 is 15.2 Å². The molecule has 0 aromatic heterocycles. The lowest BCUT2D eigenvalue weighted by atomic mass is 9.92. The van der Waals surface area contributed by atoms with E-state index in [1.165, 1.54) is 0 Å². The molecular formula is C19H19NO4. The van der Waals surface area contributed by atoms with E-state index in [2.05, 4.69) is 5.32 Å². The smallest absolute Gasteiger partial charge is 0.408 e. The van der Waals surface area contributed by atoms with Crippen LogP contribution in [0.5, 0.6) is 0 Å². The van der Waals surface area contributed by atoms with Crippen molar-refractivity contribution in [1.29, 1.82) is 0 Å². The van der Waals surface area contributed by atoms with E-state index in [1.807, 2.05) is 67.6 Å². The first-order valence-corrected chi connectivity index (χ1v) is 7.76. The molecule has 124 valence electrons. The molecule has 0 spiro atoms. The largest absolute Gasteiger partial charge is 0.479 e. The van der Waals surface area contributed by atoms with Gasteiger partial charge in [0.25, 0.3) is 0 Å². The number of carboxylic acid groups (broad SMARTS) is 1. The van der Waals surface area contributed by atoms with E-state index in [4.69, 9.17) is 4.74 Å². The van der Waals surface area contributed by atoms with Crippen LogP contribution in [0.2, 0.25) is 0 Å². The van der Waals surface area contributed by atoms with Crippen LogP contribution in [0, 0.1) is 0 Å². The molecular weight excluding hydrogens is 306 g/mol. The fourth-order valence-corrected chi connectivity index (χ4v) is 3.12. The van der Waals surface area contributed by atoms with Crippen molar-refractivity contribution in [2.24, 2.45) is 0 Å². The second-order valence-corrected chi connectivity index (χ2v) is 6.27. The van der Waals surface area contributed by atoms with Crippen molar-refractivity contribution in [3.05, 3.63) is 71.8 Å². The quantitative estimate of drug-likeness (QED) is 0.886. The van der Waals surface area contributed by atoms with E-state index < -0.39 is 23.0 Å². The summed E-state index contributed by atoms with van der Waals surface area (Å²) in [7, 11) is 0. The van der Waals surface area contributed by atoms with E-state index in [1.54, 1.807) is 0 Å². The summed E-state index contributed by atoms with van der Waals surface area (Å²) in [6.45, 7) is 1.94. The Morgan fingerprint density at radius 2 is 1.67 bits per heavy atom. The predicted molar refractivity (Wildman–Crippen MR) is 88.5 cm³/mol. The molecule has 0 heterocycles. The Morgan fingerprint density at radius 1 is 1.08 bits per heavy atom. The Kier molecular flexibility index (Phi) is 4.01. The van der Waals surface area contributed by atoms with Crippen molar-refractivity contribution in [2.45, 2.75) is 30.9 Å². The van der Waals surface area contributed by atoms with Crippen LogP contribution in [0.1, 0.15) is 24.5 Å². The summed E-state index contributed by atoms with van der Waals surface area (Å²) in [4.78, 5) is 23.9. The first-order chi connectivity index (χ1) is 11.5. The highest BCUT2D eigenvalue weighted by atomic mass is 16.5. The average Bonchev–Trinajstić information content (AvgIpc) is 3.22. The van der Waals surface area contributed by atoms with Crippen LogP contribution in [0.25, 0.3) is 0 Å². The third-order valence-corrected chi connectivity index (χ3v) is 4.74. The first-order valence-electron chi connectivity index (χ1n) is 7.76. The van der Waals surface area contributed by atoms with Crippen LogP contribution in [0.3, 0.4) is 0 Å². The van der Waals surface area contributed by atoms with Crippen LogP contribution < -0.4 is 5.32 Å². The van der Waals surface area contributed by atoms with E-state index in [9.17, 15) is 14.7 Å². The van der Waals surface area contributed by atoms with Crippen LogP contribution in [-0.4, -0.2) is 22.7 Å². The summed E-state index contributed by atoms with van der Waals surface area (Å²) in [6.07, 6.45) is -0.388. The van der Waals surface area contributed by atoms with Gasteiger partial charge in [0.05, 0.1) is 0 Å². The van der Waals surface area contributed by atoms with Gasteiger partial charge in [0.15, 0.2) is 5.54 Å². The third-order valence-electron chi connectivity index (χ3n) is 4.74. The number of carbonyl (C=O) groups is 2. The van der Waals surface area contributed by atoms with Gasteiger partial charge in [-0.05, 0) is 17.5 Å². The number of benzene rings is 2. The highest BCUT2D eigenvalue weighted by molar-refractivity contribution is 5.91. The number of amides is 1. The minimum Gasteiger partial charge on any atom is -0.479 e. The molecule has 5 nitrogen and oxygen atoms in total. The molecule has 1 fully saturated rings. The normalized spacial score (nSPS) is 24.9. The zero-order valence-electron chi connectivity index (χ0n) is 13.4. The van der Waals surface area contributed by atoms with Crippen molar-refractivity contribution >= 4 is 12.1 Å². The zero-order valence-corrected chi connectivity index (χ0v) is 13.4. The number of alkyl carbamates (subject to hydrolysis) is 1. The van der Waals surface area contributed by atoms with Crippen molar-refractivity contribution in [1.82, 2.24) is 5.32 Å². The lowest BCUT2D eigenvalue weighted by Gasteiger charge is -2.20. The van der Waals surface area contributed by atoms with Gasteiger partial charge in [0, 0.05) is 5.41 Å². The van der Waals surface area contributed by atoms with Crippen molar-refractivity contribution in [3.63, 3.8) is 0 Å². The summed E-state index contributed by atoms with van der Waals surface area (Å²) in [5, 5.41) is 12.2. The number of ether oxygens (including phenoxy) is 1. The molecule has 2 aromatic rings. The summed E-state index contributed by atoms with van der Waals surface area (Å²) >= 11 is 0. The minimum atomic E-state index is -1.33. The molecule has 2 atom stereocenters. The molecule has 1 aliphatic carbocycles. The monoisotopic (exact) mass is 325 g/mol. The fraction of sp³-hybridized carbons (Fsp3) is 0.263. The SMILES string of the molecule is C[C@@]1(c2ccccc2)C[C@]1(NC(=O)OCc1ccccc1)C(=O)O. The lowest BCUT2D eigenvalue weighted by Crippen LogP contribution is -2.48. The molecule has 2 aromatic carbocycles. The van der Waals surface area contributed by atoms with Gasteiger partial charge in [-0.3, -0.25) is 0 Å². The molecule has 1 amide bonds. The maximum atomic E-state index is 12.1. The molecule has 0 unspecified atom stereocenters. The third kappa shape index (κ3) is 2.73. The van der Waals surface area contributed by atoms with Gasteiger partial charge in [-0.25, -0.2) is 9.59 Å². The zero-order chi connectivity index (χ0) is 17.2. The van der Waals surface area contributed by atoms with Gasteiger partial charge in [0.2, 0.25) is 0 Å². The van der Waals surface area contributed by atoms with Gasteiger partial charge in [-0.2, -0.15) is 0 Å². The molecule has 0 aliphatic heterocycles. The summed E-state index contributed by atoms with van der Waals surface area (Å²) < 4.78 is 5.17. The molecule has 0 saturated heterocycles. The van der Waals surface area contributed by atoms with E-state index in [0.717, 1.165) is 11.1 Å². The number of carbonyl (C=O) groups excluding carboxylic acids is 1. The molecule has 3 rings (SSSR count). The number of rotatable bonds is 5. The van der Waals surface area contributed by atoms with E-state index in [0.29, 0.717) is 6.42 Å².